The molecule has 1 aliphatic heterocycles. The summed E-state index contributed by atoms with van der Waals surface area (Å²) in [6.45, 7) is 4.09. The van der Waals surface area contributed by atoms with Crippen molar-refractivity contribution in [1.29, 1.82) is 0 Å². The molecule has 3 atom stereocenters. The predicted octanol–water partition coefficient (Wildman–Crippen LogP) is 2.01. The molecule has 100 valence electrons. The van der Waals surface area contributed by atoms with Crippen LogP contribution in [0, 0.1) is 17.8 Å². The topological polar surface area (TPSA) is 49.3 Å². The smallest absolute Gasteiger partial charge is 0.220 e. The maximum Gasteiger partial charge on any atom is 0.220 e. The molecule has 2 N–H and O–H groups in total. The van der Waals surface area contributed by atoms with Gasteiger partial charge in [-0.25, -0.2) is 0 Å². The number of hydrogen-bond acceptors (Lipinski definition) is 2. The average Bonchev–Trinajstić information content (AvgIpc) is 2.77. The van der Waals surface area contributed by atoms with Gasteiger partial charge in [-0.3, -0.25) is 4.79 Å². The van der Waals surface area contributed by atoms with Gasteiger partial charge in [-0.1, -0.05) is 26.0 Å². The van der Waals surface area contributed by atoms with E-state index in [9.17, 15) is 9.90 Å². The first-order valence-electron chi connectivity index (χ1n) is 6.75. The van der Waals surface area contributed by atoms with Crippen molar-refractivity contribution >= 4 is 5.91 Å². The quantitative estimate of drug-likeness (QED) is 0.578. The lowest BCUT2D eigenvalue weighted by Crippen LogP contribution is -2.24. The lowest BCUT2D eigenvalue weighted by Gasteiger charge is -2.13. The Balaban J connectivity index is 2.31. The molecule has 1 saturated heterocycles. The van der Waals surface area contributed by atoms with Crippen LogP contribution in [-0.4, -0.2) is 23.2 Å². The third-order valence-corrected chi connectivity index (χ3v) is 3.08. The highest BCUT2D eigenvalue weighted by Gasteiger charge is 2.18. The number of rotatable bonds is 5. The predicted molar refractivity (Wildman–Crippen MR) is 72.8 cm³/mol. The summed E-state index contributed by atoms with van der Waals surface area (Å²) in [6.07, 6.45) is 7.31. The van der Waals surface area contributed by atoms with Crippen molar-refractivity contribution in [3.05, 3.63) is 12.2 Å². The van der Waals surface area contributed by atoms with Gasteiger partial charge in [-0.05, 0) is 18.8 Å². The molecule has 0 aromatic heterocycles. The van der Waals surface area contributed by atoms with Crippen molar-refractivity contribution in [3.8, 4) is 11.8 Å². The second-order valence-electron chi connectivity index (χ2n) is 4.87. The number of unbranched alkanes of at least 4 members (excludes halogenated alkanes) is 1. The van der Waals surface area contributed by atoms with Gasteiger partial charge in [-0.15, -0.1) is 11.8 Å². The molecule has 0 spiro atoms. The third-order valence-electron chi connectivity index (χ3n) is 3.08. The fraction of sp³-hybridized carbons (Fsp3) is 0.667. The molecular weight excluding hydrogens is 226 g/mol. The zero-order chi connectivity index (χ0) is 13.4. The van der Waals surface area contributed by atoms with Crippen LogP contribution >= 0.6 is 0 Å². The summed E-state index contributed by atoms with van der Waals surface area (Å²) in [5.41, 5.74) is 0. The van der Waals surface area contributed by atoms with Gasteiger partial charge in [0.1, 0.15) is 0 Å². The van der Waals surface area contributed by atoms with Gasteiger partial charge in [0, 0.05) is 25.3 Å². The molecule has 0 aromatic carbocycles. The molecule has 0 aliphatic carbocycles. The van der Waals surface area contributed by atoms with Crippen LogP contribution in [-0.2, 0) is 4.79 Å². The van der Waals surface area contributed by atoms with E-state index < -0.39 is 6.10 Å². The van der Waals surface area contributed by atoms with Gasteiger partial charge >= 0.3 is 0 Å². The van der Waals surface area contributed by atoms with E-state index in [0.29, 0.717) is 12.8 Å². The average molecular weight is 249 g/mol. The molecule has 0 bridgehead atoms. The van der Waals surface area contributed by atoms with Crippen molar-refractivity contribution in [3.63, 3.8) is 0 Å². The van der Waals surface area contributed by atoms with E-state index in [0.717, 1.165) is 19.3 Å². The molecule has 1 amide bonds. The van der Waals surface area contributed by atoms with E-state index in [2.05, 4.69) is 24.1 Å². The molecule has 0 saturated carbocycles. The van der Waals surface area contributed by atoms with Crippen molar-refractivity contribution in [2.75, 3.05) is 0 Å². The van der Waals surface area contributed by atoms with E-state index in [1.807, 2.05) is 13.0 Å². The molecule has 18 heavy (non-hydrogen) atoms. The number of hydrogen-bond donors (Lipinski definition) is 2. The Morgan fingerprint density at radius 3 is 2.94 bits per heavy atom. The maximum atomic E-state index is 11.0. The Kier molecular flexibility index (Phi) is 6.53. The zero-order valence-corrected chi connectivity index (χ0v) is 11.3. The lowest BCUT2D eigenvalue weighted by atomic mass is 10.00. The maximum absolute atomic E-state index is 11.0. The van der Waals surface area contributed by atoms with E-state index >= 15 is 0 Å². The summed E-state index contributed by atoms with van der Waals surface area (Å²) in [6, 6.07) is 0.0884. The SMILES string of the molecule is CCCC#CC[C@H](C)[C@H](O)/C=C/[C@H]1CCC(=O)N1. The van der Waals surface area contributed by atoms with Crippen LogP contribution in [0.25, 0.3) is 0 Å². The molecule has 1 fully saturated rings. The molecular formula is C15H23NO2. The second-order valence-corrected chi connectivity index (χ2v) is 4.87. The molecule has 1 heterocycles. The van der Waals surface area contributed by atoms with Crippen molar-refractivity contribution in [2.24, 2.45) is 5.92 Å². The summed E-state index contributed by atoms with van der Waals surface area (Å²) in [5.74, 6) is 6.39. The van der Waals surface area contributed by atoms with E-state index in [-0.39, 0.29) is 17.9 Å². The molecule has 3 heteroatoms. The number of aliphatic hydroxyl groups is 1. The van der Waals surface area contributed by atoms with Gasteiger partial charge in [-0.2, -0.15) is 0 Å². The van der Waals surface area contributed by atoms with Gasteiger partial charge in [0.05, 0.1) is 6.10 Å². The summed E-state index contributed by atoms with van der Waals surface area (Å²) >= 11 is 0. The third kappa shape index (κ3) is 5.37. The Hall–Kier alpha value is -1.27. The molecule has 1 aliphatic rings. The highest BCUT2D eigenvalue weighted by molar-refractivity contribution is 5.78. The second kappa shape index (κ2) is 7.94. The van der Waals surface area contributed by atoms with Gasteiger partial charge in [0.15, 0.2) is 0 Å². The van der Waals surface area contributed by atoms with Crippen molar-refractivity contribution < 1.29 is 9.90 Å². The minimum atomic E-state index is -0.488. The van der Waals surface area contributed by atoms with Crippen LogP contribution in [0.5, 0.6) is 0 Å². The van der Waals surface area contributed by atoms with Crippen LogP contribution < -0.4 is 5.32 Å². The Morgan fingerprint density at radius 2 is 2.33 bits per heavy atom. The van der Waals surface area contributed by atoms with Crippen LogP contribution in [0.4, 0.5) is 0 Å². The van der Waals surface area contributed by atoms with Crippen molar-refractivity contribution in [2.45, 2.75) is 58.1 Å². The zero-order valence-electron chi connectivity index (χ0n) is 11.3. The van der Waals surface area contributed by atoms with Gasteiger partial charge in [0.25, 0.3) is 0 Å². The first-order valence-corrected chi connectivity index (χ1v) is 6.75. The molecule has 0 radical (unpaired) electrons. The molecule has 0 unspecified atom stereocenters. The van der Waals surface area contributed by atoms with Crippen LogP contribution in [0.2, 0.25) is 0 Å². The van der Waals surface area contributed by atoms with E-state index in [1.54, 1.807) is 6.08 Å². The highest BCUT2D eigenvalue weighted by Crippen LogP contribution is 2.12. The number of amides is 1. The lowest BCUT2D eigenvalue weighted by molar-refractivity contribution is -0.119. The number of carbonyl (C=O) groups is 1. The minimum Gasteiger partial charge on any atom is -0.389 e. The molecule has 1 rings (SSSR count). The number of nitrogens with one attached hydrogen (secondary N) is 1. The van der Waals surface area contributed by atoms with E-state index in [1.165, 1.54) is 0 Å². The first-order chi connectivity index (χ1) is 8.63. The van der Waals surface area contributed by atoms with Gasteiger partial charge in [0.2, 0.25) is 5.91 Å². The monoisotopic (exact) mass is 249 g/mol. The van der Waals surface area contributed by atoms with Crippen LogP contribution in [0.3, 0.4) is 0 Å². The van der Waals surface area contributed by atoms with E-state index in [4.69, 9.17) is 0 Å². The normalized spacial score (nSPS) is 22.4. The standard InChI is InChI=1S/C15H23NO2/c1-3-4-5-6-7-12(2)14(17)10-8-13-9-11-15(18)16-13/h8,10,12-14,17H,3-4,7,9,11H2,1-2H3,(H,16,18)/b10-8+/t12-,13-,14+/m0/s1. The van der Waals surface area contributed by atoms with Crippen LogP contribution in [0.1, 0.15) is 46.0 Å². The van der Waals surface area contributed by atoms with Gasteiger partial charge < -0.3 is 10.4 Å². The Labute approximate surface area is 110 Å². The largest absolute Gasteiger partial charge is 0.389 e. The fourth-order valence-corrected chi connectivity index (χ4v) is 1.79. The Morgan fingerprint density at radius 1 is 1.56 bits per heavy atom. The fourth-order valence-electron chi connectivity index (χ4n) is 1.79. The number of carbonyl (C=O) groups excluding carboxylic acids is 1. The summed E-state index contributed by atoms with van der Waals surface area (Å²) < 4.78 is 0. The van der Waals surface area contributed by atoms with Crippen LogP contribution in [0.15, 0.2) is 12.2 Å². The summed E-state index contributed by atoms with van der Waals surface area (Å²) in [4.78, 5) is 11.0. The molecule has 3 nitrogen and oxygen atoms in total. The Bertz CT molecular complexity index is 351. The minimum absolute atomic E-state index is 0.0884. The van der Waals surface area contributed by atoms with Crippen molar-refractivity contribution in [1.82, 2.24) is 5.32 Å². The summed E-state index contributed by atoms with van der Waals surface area (Å²) in [5, 5.41) is 12.8. The number of aliphatic hydroxyl groups excluding tert-OH is 1. The molecule has 0 aromatic rings. The first kappa shape index (κ1) is 14.8. The summed E-state index contributed by atoms with van der Waals surface area (Å²) in [7, 11) is 0. The highest BCUT2D eigenvalue weighted by atomic mass is 16.3.